The van der Waals surface area contributed by atoms with Crippen molar-refractivity contribution in [2.45, 2.75) is 56.7 Å². The fraction of sp³-hybridized carbons (Fsp3) is 0.650. The summed E-state index contributed by atoms with van der Waals surface area (Å²) in [4.78, 5) is 27.6. The van der Waals surface area contributed by atoms with Gasteiger partial charge in [0.1, 0.15) is 17.0 Å². The molecular weight excluding hydrogens is 358 g/mol. The monoisotopic (exact) mass is 385 g/mol. The van der Waals surface area contributed by atoms with Gasteiger partial charge in [0, 0.05) is 38.3 Å². The number of amides is 1. The maximum atomic E-state index is 13.3. The number of rotatable bonds is 3. The molecule has 5 rings (SSSR count). The number of carbonyl (C=O) groups is 1. The molecule has 0 saturated carbocycles. The van der Waals surface area contributed by atoms with Crippen LogP contribution >= 0.6 is 11.3 Å². The Morgan fingerprint density at radius 1 is 1.26 bits per heavy atom. The minimum atomic E-state index is 0.0694. The minimum Gasteiger partial charge on any atom is -0.355 e. The average Bonchev–Trinajstić information content (AvgIpc) is 3.32. The Morgan fingerprint density at radius 3 is 2.89 bits per heavy atom. The van der Waals surface area contributed by atoms with Gasteiger partial charge in [-0.05, 0) is 50.0 Å². The number of carbonyl (C=O) groups excluding carboxylic acids is 1. The largest absolute Gasteiger partial charge is 0.355 e. The lowest BCUT2D eigenvalue weighted by atomic mass is 9.93. The van der Waals surface area contributed by atoms with Crippen molar-refractivity contribution in [1.29, 1.82) is 0 Å². The van der Waals surface area contributed by atoms with E-state index < -0.39 is 0 Å². The molecule has 0 aromatic carbocycles. The first-order valence-electron chi connectivity index (χ1n) is 10.1. The van der Waals surface area contributed by atoms with Crippen molar-refractivity contribution in [2.24, 2.45) is 5.92 Å². The van der Waals surface area contributed by atoms with Crippen LogP contribution in [-0.4, -0.2) is 59.0 Å². The van der Waals surface area contributed by atoms with E-state index in [9.17, 15) is 4.79 Å². The number of thiophene rings is 1. The van der Waals surface area contributed by atoms with Crippen LogP contribution in [-0.2, 0) is 4.79 Å². The van der Waals surface area contributed by atoms with E-state index in [1.165, 1.54) is 12.8 Å². The fourth-order valence-electron chi connectivity index (χ4n) is 5.21. The molecular formula is C20H27N5OS. The summed E-state index contributed by atoms with van der Waals surface area (Å²) in [6.07, 6.45) is 8.42. The zero-order valence-corrected chi connectivity index (χ0v) is 16.6. The summed E-state index contributed by atoms with van der Waals surface area (Å²) in [5.74, 6) is 1.38. The van der Waals surface area contributed by atoms with E-state index in [2.05, 4.69) is 36.5 Å². The second-order valence-electron chi connectivity index (χ2n) is 8.33. The van der Waals surface area contributed by atoms with Crippen LogP contribution in [0.1, 0.15) is 38.5 Å². The molecule has 3 fully saturated rings. The van der Waals surface area contributed by atoms with Gasteiger partial charge in [-0.25, -0.2) is 9.97 Å². The van der Waals surface area contributed by atoms with Gasteiger partial charge >= 0.3 is 0 Å². The summed E-state index contributed by atoms with van der Waals surface area (Å²) in [5.41, 5.74) is 0. The van der Waals surface area contributed by atoms with Crippen LogP contribution in [0.4, 0.5) is 5.82 Å². The van der Waals surface area contributed by atoms with Gasteiger partial charge in [-0.15, -0.1) is 11.3 Å². The Balaban J connectivity index is 1.30. The van der Waals surface area contributed by atoms with Gasteiger partial charge in [0.2, 0.25) is 5.91 Å². The van der Waals surface area contributed by atoms with E-state index in [1.807, 2.05) is 7.05 Å². The third-order valence-electron chi connectivity index (χ3n) is 6.65. The number of hydrogen-bond donors (Lipinski definition) is 1. The Labute approximate surface area is 164 Å². The molecule has 3 aliphatic heterocycles. The summed E-state index contributed by atoms with van der Waals surface area (Å²) in [6, 6.07) is 3.71. The van der Waals surface area contributed by atoms with E-state index in [0.717, 1.165) is 54.8 Å². The number of nitrogens with one attached hydrogen (secondary N) is 1. The van der Waals surface area contributed by atoms with Crippen LogP contribution in [0.2, 0.25) is 0 Å². The van der Waals surface area contributed by atoms with Gasteiger partial charge in [-0.3, -0.25) is 4.79 Å². The second kappa shape index (κ2) is 7.02. The normalized spacial score (nSPS) is 30.6. The lowest BCUT2D eigenvalue weighted by Crippen LogP contribution is -2.52. The number of nitrogens with zero attached hydrogens (tertiary/aromatic N) is 4. The smallest absolute Gasteiger partial charge is 0.227 e. The van der Waals surface area contributed by atoms with Crippen LogP contribution in [0, 0.1) is 5.92 Å². The molecule has 0 aliphatic carbocycles. The van der Waals surface area contributed by atoms with Crippen LogP contribution in [0.5, 0.6) is 0 Å². The van der Waals surface area contributed by atoms with Crippen molar-refractivity contribution in [3.8, 4) is 0 Å². The summed E-state index contributed by atoms with van der Waals surface area (Å²) >= 11 is 1.64. The molecule has 2 aromatic heterocycles. The predicted octanol–water partition coefficient (Wildman–Crippen LogP) is 2.65. The Morgan fingerprint density at radius 2 is 2.07 bits per heavy atom. The zero-order valence-electron chi connectivity index (χ0n) is 15.8. The van der Waals surface area contributed by atoms with E-state index in [1.54, 1.807) is 17.7 Å². The van der Waals surface area contributed by atoms with E-state index in [-0.39, 0.29) is 5.92 Å². The molecule has 3 saturated heterocycles. The highest BCUT2D eigenvalue weighted by molar-refractivity contribution is 7.16. The van der Waals surface area contributed by atoms with E-state index in [0.29, 0.717) is 24.0 Å². The van der Waals surface area contributed by atoms with Crippen molar-refractivity contribution >= 4 is 33.3 Å². The maximum absolute atomic E-state index is 13.3. The van der Waals surface area contributed by atoms with Crippen LogP contribution in [0.15, 0.2) is 17.8 Å². The number of fused-ring (bicyclic) bond motifs is 3. The van der Waals surface area contributed by atoms with Gasteiger partial charge in [0.25, 0.3) is 0 Å². The Kier molecular flexibility index (Phi) is 4.52. The topological polar surface area (TPSA) is 61.4 Å². The molecule has 7 heteroatoms. The molecule has 2 bridgehead atoms. The number of anilines is 1. The fourth-order valence-corrected chi connectivity index (χ4v) is 5.94. The lowest BCUT2D eigenvalue weighted by molar-refractivity contribution is -0.137. The first kappa shape index (κ1) is 17.4. The van der Waals surface area contributed by atoms with E-state index in [4.69, 9.17) is 0 Å². The molecule has 5 heterocycles. The highest BCUT2D eigenvalue weighted by Crippen LogP contribution is 2.33. The van der Waals surface area contributed by atoms with Crippen molar-refractivity contribution in [3.63, 3.8) is 0 Å². The van der Waals surface area contributed by atoms with Crippen molar-refractivity contribution < 1.29 is 4.79 Å². The van der Waals surface area contributed by atoms with Gasteiger partial charge < -0.3 is 15.1 Å². The second-order valence-corrected chi connectivity index (χ2v) is 9.23. The highest BCUT2D eigenvalue weighted by Gasteiger charge is 2.38. The summed E-state index contributed by atoms with van der Waals surface area (Å²) in [5, 5.41) is 6.85. The van der Waals surface area contributed by atoms with Crippen LogP contribution < -0.4 is 10.2 Å². The summed E-state index contributed by atoms with van der Waals surface area (Å²) < 4.78 is 0. The highest BCUT2D eigenvalue weighted by atomic mass is 32.1. The maximum Gasteiger partial charge on any atom is 0.227 e. The van der Waals surface area contributed by atoms with Gasteiger partial charge in [0.05, 0.1) is 11.3 Å². The third kappa shape index (κ3) is 3.21. The Bertz CT molecular complexity index is 827. The minimum absolute atomic E-state index is 0.0694. The standard InChI is InChI=1S/C20H27N5OS/c1-24(16-9-14-4-5-15(10-16)23-14)20(26)13-3-2-7-25(11-13)18-17-6-8-27-19(17)22-12-21-18/h6,8,12-16,23H,2-5,7,9-11H2,1H3. The van der Waals surface area contributed by atoms with Crippen LogP contribution in [0.25, 0.3) is 10.2 Å². The predicted molar refractivity (Wildman–Crippen MR) is 108 cm³/mol. The number of hydrogen-bond acceptors (Lipinski definition) is 6. The van der Waals surface area contributed by atoms with Crippen LogP contribution in [0.3, 0.4) is 0 Å². The third-order valence-corrected chi connectivity index (χ3v) is 7.48. The molecule has 3 atom stereocenters. The van der Waals surface area contributed by atoms with E-state index >= 15 is 0 Å². The molecule has 3 unspecified atom stereocenters. The Hall–Kier alpha value is -1.73. The lowest BCUT2D eigenvalue weighted by Gasteiger charge is -2.39. The average molecular weight is 386 g/mol. The number of aromatic nitrogens is 2. The zero-order chi connectivity index (χ0) is 18.4. The van der Waals surface area contributed by atoms with Crippen molar-refractivity contribution in [1.82, 2.24) is 20.2 Å². The van der Waals surface area contributed by atoms with Gasteiger partial charge in [-0.2, -0.15) is 0 Å². The number of piperidine rings is 2. The van der Waals surface area contributed by atoms with Gasteiger partial charge in [0.15, 0.2) is 0 Å². The summed E-state index contributed by atoms with van der Waals surface area (Å²) in [7, 11) is 2.03. The quantitative estimate of drug-likeness (QED) is 0.880. The molecule has 27 heavy (non-hydrogen) atoms. The van der Waals surface area contributed by atoms with Gasteiger partial charge in [-0.1, -0.05) is 0 Å². The molecule has 3 aliphatic rings. The molecule has 1 amide bonds. The summed E-state index contributed by atoms with van der Waals surface area (Å²) in [6.45, 7) is 1.73. The molecule has 144 valence electrons. The first-order valence-corrected chi connectivity index (χ1v) is 11.0. The SMILES string of the molecule is CN(C(=O)C1CCCN(c2ncnc3sccc23)C1)C1CC2CCC(C1)N2. The molecule has 6 nitrogen and oxygen atoms in total. The molecule has 1 N–H and O–H groups in total. The molecule has 0 radical (unpaired) electrons. The first-order chi connectivity index (χ1) is 13.2. The van der Waals surface area contributed by atoms with Crippen molar-refractivity contribution in [3.05, 3.63) is 17.8 Å². The molecule has 0 spiro atoms. The molecule has 2 aromatic rings. The van der Waals surface area contributed by atoms with Crippen molar-refractivity contribution in [2.75, 3.05) is 25.0 Å².